The molecule has 2 aromatic heterocycles. The van der Waals surface area contributed by atoms with Crippen molar-refractivity contribution in [2.24, 2.45) is 0 Å². The second kappa shape index (κ2) is 7.96. The van der Waals surface area contributed by atoms with E-state index >= 15 is 0 Å². The summed E-state index contributed by atoms with van der Waals surface area (Å²) in [4.78, 5) is 19.6. The van der Waals surface area contributed by atoms with Crippen LogP contribution in [-0.4, -0.2) is 35.7 Å². The fourth-order valence-electron chi connectivity index (χ4n) is 3.91. The Kier molecular flexibility index (Phi) is 4.97. The summed E-state index contributed by atoms with van der Waals surface area (Å²) in [7, 11) is 1.93. The highest BCUT2D eigenvalue weighted by Crippen LogP contribution is 2.31. The fourth-order valence-corrected chi connectivity index (χ4v) is 3.91. The SMILES string of the molecule is CN1CCOc2cc(NC(=O)c3cc4cc(F)ccc4n3Cc3cccc(F)c3)cnc21. The number of carbonyl (C=O) groups excluding carboxylic acids is 1. The van der Waals surface area contributed by atoms with Gasteiger partial charge in [-0.15, -0.1) is 0 Å². The number of amides is 1. The number of nitrogens with one attached hydrogen (secondary N) is 1. The van der Waals surface area contributed by atoms with Crippen LogP contribution in [-0.2, 0) is 6.54 Å². The van der Waals surface area contributed by atoms with Gasteiger partial charge < -0.3 is 19.5 Å². The Morgan fingerprint density at radius 2 is 1.97 bits per heavy atom. The Bertz CT molecular complexity index is 1340. The molecular formula is C24H20F2N4O2. The second-order valence-electron chi connectivity index (χ2n) is 7.72. The monoisotopic (exact) mass is 434 g/mol. The van der Waals surface area contributed by atoms with Gasteiger partial charge in [0.1, 0.15) is 23.9 Å². The summed E-state index contributed by atoms with van der Waals surface area (Å²) in [6.07, 6.45) is 1.57. The molecule has 4 aromatic rings. The minimum Gasteiger partial charge on any atom is -0.488 e. The first-order chi connectivity index (χ1) is 15.5. The first-order valence-electron chi connectivity index (χ1n) is 10.2. The summed E-state index contributed by atoms with van der Waals surface area (Å²) in [5, 5.41) is 3.43. The van der Waals surface area contributed by atoms with Gasteiger partial charge in [-0.1, -0.05) is 12.1 Å². The number of likely N-dealkylation sites (N-methyl/N-ethyl adjacent to an activating group) is 1. The molecule has 3 heterocycles. The minimum atomic E-state index is -0.396. The zero-order valence-electron chi connectivity index (χ0n) is 17.3. The largest absolute Gasteiger partial charge is 0.488 e. The van der Waals surface area contributed by atoms with Crippen molar-refractivity contribution in [3.8, 4) is 5.75 Å². The minimum absolute atomic E-state index is 0.256. The molecule has 8 heteroatoms. The lowest BCUT2D eigenvalue weighted by molar-refractivity contribution is 0.101. The fraction of sp³-hybridized carbons (Fsp3) is 0.167. The lowest BCUT2D eigenvalue weighted by atomic mass is 10.2. The van der Waals surface area contributed by atoms with Crippen molar-refractivity contribution in [1.82, 2.24) is 9.55 Å². The van der Waals surface area contributed by atoms with Crippen molar-refractivity contribution in [1.29, 1.82) is 0 Å². The van der Waals surface area contributed by atoms with E-state index in [1.165, 1.54) is 24.3 Å². The summed E-state index contributed by atoms with van der Waals surface area (Å²) < 4.78 is 34.9. The Labute approximate surface area is 183 Å². The van der Waals surface area contributed by atoms with E-state index < -0.39 is 5.82 Å². The molecule has 0 fully saturated rings. The van der Waals surface area contributed by atoms with Crippen molar-refractivity contribution in [2.75, 3.05) is 30.4 Å². The molecular weight excluding hydrogens is 414 g/mol. The maximum absolute atomic E-state index is 13.8. The topological polar surface area (TPSA) is 59.4 Å². The highest BCUT2D eigenvalue weighted by atomic mass is 19.1. The molecule has 1 aliphatic heterocycles. The van der Waals surface area contributed by atoms with Crippen LogP contribution < -0.4 is 15.0 Å². The average Bonchev–Trinajstić information content (AvgIpc) is 3.11. The van der Waals surface area contributed by atoms with Gasteiger partial charge in [-0.25, -0.2) is 13.8 Å². The number of rotatable bonds is 4. The predicted molar refractivity (Wildman–Crippen MR) is 118 cm³/mol. The van der Waals surface area contributed by atoms with E-state index in [2.05, 4.69) is 10.3 Å². The summed E-state index contributed by atoms with van der Waals surface area (Å²) in [6.45, 7) is 1.53. The van der Waals surface area contributed by atoms with Crippen LogP contribution in [0.2, 0.25) is 0 Å². The van der Waals surface area contributed by atoms with Gasteiger partial charge >= 0.3 is 0 Å². The van der Waals surface area contributed by atoms with Gasteiger partial charge in [-0.2, -0.15) is 0 Å². The van der Waals surface area contributed by atoms with E-state index in [0.717, 1.165) is 6.54 Å². The Morgan fingerprint density at radius 1 is 1.12 bits per heavy atom. The van der Waals surface area contributed by atoms with Crippen molar-refractivity contribution in [3.63, 3.8) is 0 Å². The van der Waals surface area contributed by atoms with Crippen LogP contribution >= 0.6 is 0 Å². The zero-order valence-corrected chi connectivity index (χ0v) is 17.3. The average molecular weight is 434 g/mol. The van der Waals surface area contributed by atoms with E-state index in [-0.39, 0.29) is 18.3 Å². The third-order valence-electron chi connectivity index (χ3n) is 5.46. The van der Waals surface area contributed by atoms with Gasteiger partial charge in [0.15, 0.2) is 11.6 Å². The van der Waals surface area contributed by atoms with E-state index in [1.807, 2.05) is 11.9 Å². The Balaban J connectivity index is 1.51. The first kappa shape index (κ1) is 20.0. The van der Waals surface area contributed by atoms with Crippen LogP contribution in [0.25, 0.3) is 10.9 Å². The highest BCUT2D eigenvalue weighted by Gasteiger charge is 2.20. The summed E-state index contributed by atoms with van der Waals surface area (Å²) >= 11 is 0. The van der Waals surface area contributed by atoms with E-state index in [1.54, 1.807) is 41.1 Å². The maximum Gasteiger partial charge on any atom is 0.272 e. The van der Waals surface area contributed by atoms with E-state index in [4.69, 9.17) is 4.74 Å². The van der Waals surface area contributed by atoms with Crippen LogP contribution in [0.1, 0.15) is 16.1 Å². The van der Waals surface area contributed by atoms with Gasteiger partial charge in [0.2, 0.25) is 0 Å². The smallest absolute Gasteiger partial charge is 0.272 e. The van der Waals surface area contributed by atoms with Crippen molar-refractivity contribution >= 4 is 28.3 Å². The van der Waals surface area contributed by atoms with Crippen molar-refractivity contribution < 1.29 is 18.3 Å². The van der Waals surface area contributed by atoms with Crippen LogP contribution in [0.3, 0.4) is 0 Å². The number of hydrogen-bond acceptors (Lipinski definition) is 4. The lowest BCUT2D eigenvalue weighted by Gasteiger charge is -2.26. The highest BCUT2D eigenvalue weighted by molar-refractivity contribution is 6.06. The van der Waals surface area contributed by atoms with Crippen molar-refractivity contribution in [3.05, 3.63) is 83.7 Å². The predicted octanol–water partition coefficient (Wildman–Crippen LogP) is 4.44. The van der Waals surface area contributed by atoms with Gasteiger partial charge in [0.25, 0.3) is 5.91 Å². The number of aromatic nitrogens is 2. The molecule has 0 bridgehead atoms. The number of ether oxygens (including phenoxy) is 1. The molecule has 1 N–H and O–H groups in total. The molecule has 6 nitrogen and oxygen atoms in total. The van der Waals surface area contributed by atoms with Gasteiger partial charge in [0, 0.05) is 30.6 Å². The quantitative estimate of drug-likeness (QED) is 0.516. The maximum atomic E-state index is 13.8. The third-order valence-corrected chi connectivity index (χ3v) is 5.46. The molecule has 0 saturated carbocycles. The standard InChI is InChI=1S/C24H20F2N4O2/c1-29-7-8-32-22-12-19(13-27-23(22)29)28-24(31)21-11-16-10-18(26)5-6-20(16)30(21)14-15-3-2-4-17(25)9-15/h2-6,9-13H,7-8,14H2,1H3,(H,28,31). The molecule has 5 rings (SSSR count). The van der Waals surface area contributed by atoms with E-state index in [0.29, 0.717) is 46.0 Å². The second-order valence-corrected chi connectivity index (χ2v) is 7.72. The van der Waals surface area contributed by atoms with Crippen molar-refractivity contribution in [2.45, 2.75) is 6.54 Å². The molecule has 0 radical (unpaired) electrons. The number of pyridine rings is 1. The summed E-state index contributed by atoms with van der Waals surface area (Å²) in [5.74, 6) is 0.168. The first-order valence-corrected chi connectivity index (χ1v) is 10.2. The molecule has 0 atom stereocenters. The molecule has 32 heavy (non-hydrogen) atoms. The number of fused-ring (bicyclic) bond motifs is 2. The van der Waals surface area contributed by atoms with Crippen LogP contribution in [0.15, 0.2) is 60.8 Å². The Morgan fingerprint density at radius 3 is 2.81 bits per heavy atom. The number of benzene rings is 2. The molecule has 0 unspecified atom stereocenters. The molecule has 0 aliphatic carbocycles. The van der Waals surface area contributed by atoms with Crippen LogP contribution in [0, 0.1) is 11.6 Å². The zero-order chi connectivity index (χ0) is 22.2. The summed E-state index contributed by atoms with van der Waals surface area (Å²) in [5.41, 5.74) is 2.17. The molecule has 0 saturated heterocycles. The van der Waals surface area contributed by atoms with Crippen LogP contribution in [0.5, 0.6) is 5.75 Å². The number of carbonyl (C=O) groups is 1. The summed E-state index contributed by atoms with van der Waals surface area (Å²) in [6, 6.07) is 13.9. The lowest BCUT2D eigenvalue weighted by Crippen LogP contribution is -2.29. The molecule has 0 spiro atoms. The normalized spacial score (nSPS) is 13.0. The number of halogens is 2. The molecule has 1 aliphatic rings. The molecule has 2 aromatic carbocycles. The Hall–Kier alpha value is -3.94. The van der Waals surface area contributed by atoms with Gasteiger partial charge in [-0.05, 0) is 42.0 Å². The number of hydrogen-bond donors (Lipinski definition) is 1. The van der Waals surface area contributed by atoms with E-state index in [9.17, 15) is 13.6 Å². The number of anilines is 2. The number of nitrogens with zero attached hydrogens (tertiary/aromatic N) is 3. The molecule has 1 amide bonds. The van der Waals surface area contributed by atoms with Gasteiger partial charge in [-0.3, -0.25) is 4.79 Å². The third kappa shape index (κ3) is 3.75. The van der Waals surface area contributed by atoms with Gasteiger partial charge in [0.05, 0.1) is 18.4 Å². The van der Waals surface area contributed by atoms with Crippen LogP contribution in [0.4, 0.5) is 20.3 Å². The molecule has 162 valence electrons.